The van der Waals surface area contributed by atoms with Crippen LogP contribution in [0.3, 0.4) is 0 Å². The van der Waals surface area contributed by atoms with Gasteiger partial charge in [0.25, 0.3) is 0 Å². The number of carbonyl (C=O) groups is 1. The van der Waals surface area contributed by atoms with Gasteiger partial charge in [-0.15, -0.1) is 0 Å². The average Bonchev–Trinajstić information content (AvgIpc) is 2.02. The maximum Gasteiger partial charge on any atom is 0.320 e. The van der Waals surface area contributed by atoms with E-state index in [1.54, 1.807) is 0 Å². The predicted octanol–water partition coefficient (Wildman–Crippen LogP) is 0.989. The standard InChI is InChI=1S/C9H16N2O2/c1-7(2)6-8(9(12)13)11-5-3-4-10/h7-8,11H,3,5-6H2,1-2H3,(H,12,13). The first-order valence-electron chi connectivity index (χ1n) is 4.41. The number of nitrogens with zero attached hydrogens (tertiary/aromatic N) is 1. The van der Waals surface area contributed by atoms with Gasteiger partial charge in [0, 0.05) is 13.0 Å². The summed E-state index contributed by atoms with van der Waals surface area (Å²) in [5, 5.41) is 19.9. The van der Waals surface area contributed by atoms with Crippen LogP contribution in [0.25, 0.3) is 0 Å². The van der Waals surface area contributed by atoms with Gasteiger partial charge in [0.05, 0.1) is 6.07 Å². The van der Waals surface area contributed by atoms with Crippen molar-refractivity contribution in [3.05, 3.63) is 0 Å². The second kappa shape index (κ2) is 6.44. The van der Waals surface area contributed by atoms with Gasteiger partial charge in [-0.1, -0.05) is 13.8 Å². The summed E-state index contributed by atoms with van der Waals surface area (Å²) in [6, 6.07) is 1.44. The number of carboxylic acids is 1. The van der Waals surface area contributed by atoms with Gasteiger partial charge in [-0.2, -0.15) is 5.26 Å². The third-order valence-electron chi connectivity index (χ3n) is 1.63. The van der Waals surface area contributed by atoms with Crippen LogP contribution in [0.1, 0.15) is 26.7 Å². The molecule has 0 aromatic carbocycles. The van der Waals surface area contributed by atoms with Gasteiger partial charge in [0.15, 0.2) is 0 Å². The van der Waals surface area contributed by atoms with E-state index in [9.17, 15) is 4.79 Å². The van der Waals surface area contributed by atoms with Crippen LogP contribution in [0, 0.1) is 17.2 Å². The van der Waals surface area contributed by atoms with Gasteiger partial charge in [-0.3, -0.25) is 4.79 Å². The van der Waals surface area contributed by atoms with Crippen LogP contribution in [0.15, 0.2) is 0 Å². The van der Waals surface area contributed by atoms with E-state index in [0.29, 0.717) is 25.3 Å². The monoisotopic (exact) mass is 184 g/mol. The van der Waals surface area contributed by atoms with Gasteiger partial charge in [-0.25, -0.2) is 0 Å². The van der Waals surface area contributed by atoms with E-state index < -0.39 is 12.0 Å². The van der Waals surface area contributed by atoms with Crippen molar-refractivity contribution >= 4 is 5.97 Å². The average molecular weight is 184 g/mol. The number of rotatable bonds is 6. The Morgan fingerprint density at radius 1 is 1.62 bits per heavy atom. The van der Waals surface area contributed by atoms with Crippen LogP contribution >= 0.6 is 0 Å². The van der Waals surface area contributed by atoms with Crippen LogP contribution in [-0.2, 0) is 4.79 Å². The summed E-state index contributed by atoms with van der Waals surface area (Å²) in [5.74, 6) is -0.498. The second-order valence-electron chi connectivity index (χ2n) is 3.38. The fourth-order valence-corrected chi connectivity index (χ4v) is 1.05. The molecule has 0 fully saturated rings. The summed E-state index contributed by atoms with van der Waals surface area (Å²) in [5.41, 5.74) is 0. The SMILES string of the molecule is CC(C)CC(NCCC#N)C(=O)O. The fraction of sp³-hybridized carbons (Fsp3) is 0.778. The predicted molar refractivity (Wildman–Crippen MR) is 49.1 cm³/mol. The van der Waals surface area contributed by atoms with Crippen molar-refractivity contribution in [2.45, 2.75) is 32.7 Å². The van der Waals surface area contributed by atoms with Crippen molar-refractivity contribution in [3.8, 4) is 6.07 Å². The molecule has 0 aliphatic rings. The lowest BCUT2D eigenvalue weighted by Gasteiger charge is -2.15. The van der Waals surface area contributed by atoms with Crippen molar-refractivity contribution in [2.75, 3.05) is 6.54 Å². The fourth-order valence-electron chi connectivity index (χ4n) is 1.05. The van der Waals surface area contributed by atoms with Crippen molar-refractivity contribution in [1.29, 1.82) is 5.26 Å². The van der Waals surface area contributed by atoms with Gasteiger partial charge in [-0.05, 0) is 12.3 Å². The molecule has 1 unspecified atom stereocenters. The number of nitriles is 1. The molecule has 0 aromatic heterocycles. The topological polar surface area (TPSA) is 73.1 Å². The first-order chi connectivity index (χ1) is 6.07. The third-order valence-corrected chi connectivity index (χ3v) is 1.63. The van der Waals surface area contributed by atoms with Gasteiger partial charge >= 0.3 is 5.97 Å². The van der Waals surface area contributed by atoms with Crippen LogP contribution in [0.2, 0.25) is 0 Å². The third kappa shape index (κ3) is 6.12. The lowest BCUT2D eigenvalue weighted by molar-refractivity contribution is -0.139. The second-order valence-corrected chi connectivity index (χ2v) is 3.38. The Hall–Kier alpha value is -1.08. The van der Waals surface area contributed by atoms with Crippen LogP contribution < -0.4 is 5.32 Å². The molecule has 74 valence electrons. The van der Waals surface area contributed by atoms with Crippen molar-refractivity contribution in [2.24, 2.45) is 5.92 Å². The van der Waals surface area contributed by atoms with Crippen molar-refractivity contribution < 1.29 is 9.90 Å². The van der Waals surface area contributed by atoms with Gasteiger partial charge < -0.3 is 10.4 Å². The number of carboxylic acid groups (broad SMARTS) is 1. The molecule has 0 amide bonds. The zero-order chi connectivity index (χ0) is 10.3. The summed E-state index contributed by atoms with van der Waals surface area (Å²) in [6.45, 7) is 4.39. The van der Waals surface area contributed by atoms with Gasteiger partial charge in [0.2, 0.25) is 0 Å². The largest absolute Gasteiger partial charge is 0.480 e. The molecule has 13 heavy (non-hydrogen) atoms. The summed E-state index contributed by atoms with van der Waals surface area (Å²) < 4.78 is 0. The summed E-state index contributed by atoms with van der Waals surface area (Å²) in [6.07, 6.45) is 0.947. The molecule has 1 atom stereocenters. The first-order valence-corrected chi connectivity index (χ1v) is 4.41. The number of hydrogen-bond acceptors (Lipinski definition) is 3. The zero-order valence-corrected chi connectivity index (χ0v) is 8.08. The van der Waals surface area contributed by atoms with E-state index in [0.717, 1.165) is 0 Å². The zero-order valence-electron chi connectivity index (χ0n) is 8.08. The quantitative estimate of drug-likeness (QED) is 0.604. The molecule has 0 rings (SSSR count). The maximum absolute atomic E-state index is 10.7. The minimum Gasteiger partial charge on any atom is -0.480 e. The van der Waals surface area contributed by atoms with Crippen molar-refractivity contribution in [1.82, 2.24) is 5.32 Å². The lowest BCUT2D eigenvalue weighted by Crippen LogP contribution is -2.38. The lowest BCUT2D eigenvalue weighted by atomic mass is 10.0. The normalized spacial score (nSPS) is 12.5. The molecule has 0 saturated heterocycles. The van der Waals surface area contributed by atoms with E-state index in [1.807, 2.05) is 19.9 Å². The Bertz CT molecular complexity index is 196. The summed E-state index contributed by atoms with van der Waals surface area (Å²) >= 11 is 0. The summed E-state index contributed by atoms with van der Waals surface area (Å²) in [4.78, 5) is 10.7. The van der Waals surface area contributed by atoms with E-state index >= 15 is 0 Å². The smallest absolute Gasteiger partial charge is 0.320 e. The minimum absolute atomic E-state index is 0.343. The molecule has 0 aliphatic heterocycles. The molecule has 2 N–H and O–H groups in total. The number of hydrogen-bond donors (Lipinski definition) is 2. The molecule has 0 aromatic rings. The Morgan fingerprint density at radius 3 is 2.62 bits per heavy atom. The van der Waals surface area contributed by atoms with Gasteiger partial charge in [0.1, 0.15) is 6.04 Å². The van der Waals surface area contributed by atoms with E-state index in [4.69, 9.17) is 10.4 Å². The molecule has 0 saturated carbocycles. The Morgan fingerprint density at radius 2 is 2.23 bits per heavy atom. The molecule has 0 bridgehead atoms. The first kappa shape index (κ1) is 11.9. The van der Waals surface area contributed by atoms with E-state index in [-0.39, 0.29) is 0 Å². The summed E-state index contributed by atoms with van der Waals surface area (Å²) in [7, 11) is 0. The molecule has 0 aliphatic carbocycles. The molecular formula is C9H16N2O2. The highest BCUT2D eigenvalue weighted by Gasteiger charge is 2.17. The van der Waals surface area contributed by atoms with Crippen LogP contribution in [0.5, 0.6) is 0 Å². The van der Waals surface area contributed by atoms with Crippen molar-refractivity contribution in [3.63, 3.8) is 0 Å². The van der Waals surface area contributed by atoms with Crippen LogP contribution in [-0.4, -0.2) is 23.7 Å². The molecular weight excluding hydrogens is 168 g/mol. The minimum atomic E-state index is -0.841. The highest BCUT2D eigenvalue weighted by Crippen LogP contribution is 2.04. The maximum atomic E-state index is 10.7. The molecule has 4 nitrogen and oxygen atoms in total. The number of aliphatic carboxylic acids is 1. The molecule has 0 radical (unpaired) electrons. The Kier molecular flexibility index (Phi) is 5.90. The Labute approximate surface area is 78.6 Å². The highest BCUT2D eigenvalue weighted by molar-refractivity contribution is 5.73. The highest BCUT2D eigenvalue weighted by atomic mass is 16.4. The molecule has 0 spiro atoms. The van der Waals surface area contributed by atoms with E-state index in [1.165, 1.54) is 0 Å². The number of nitrogens with one attached hydrogen (secondary N) is 1. The van der Waals surface area contributed by atoms with Crippen LogP contribution in [0.4, 0.5) is 0 Å². The van der Waals surface area contributed by atoms with E-state index in [2.05, 4.69) is 5.32 Å². The molecule has 0 heterocycles. The Balaban J connectivity index is 3.82. The molecule has 4 heteroatoms.